The zero-order valence-corrected chi connectivity index (χ0v) is 16.6. The molecule has 0 atom stereocenters. The molecule has 1 fully saturated rings. The van der Waals surface area contributed by atoms with Crippen LogP contribution in [0.2, 0.25) is 0 Å². The first kappa shape index (κ1) is 20.7. The number of carbonyl (C=O) groups excluding carboxylic acids is 3. The van der Waals surface area contributed by atoms with Crippen LogP contribution in [-0.4, -0.2) is 54.0 Å². The molecule has 0 spiro atoms. The second-order valence-electron chi connectivity index (χ2n) is 6.97. The Labute approximate surface area is 160 Å². The molecular weight excluding hydrogens is 346 g/mol. The number of likely N-dealkylation sites (N-methyl/N-ethyl adjacent to an activating group) is 1. The van der Waals surface area contributed by atoms with E-state index in [-0.39, 0.29) is 19.1 Å². The third kappa shape index (κ3) is 5.98. The van der Waals surface area contributed by atoms with Gasteiger partial charge in [0, 0.05) is 37.1 Å². The number of rotatable bonds is 9. The molecule has 7 nitrogen and oxygen atoms in total. The summed E-state index contributed by atoms with van der Waals surface area (Å²) in [5.74, 6) is -1.23. The first-order chi connectivity index (χ1) is 12.8. The van der Waals surface area contributed by atoms with Crippen molar-refractivity contribution in [3.05, 3.63) is 29.1 Å². The molecule has 0 saturated heterocycles. The van der Waals surface area contributed by atoms with E-state index in [1.165, 1.54) is 36.6 Å². The first-order valence-corrected chi connectivity index (χ1v) is 9.37. The number of aryl methyl sites for hydroxylation is 1. The molecule has 7 heteroatoms. The lowest BCUT2D eigenvalue weighted by atomic mass is 10.2. The van der Waals surface area contributed by atoms with E-state index in [0.717, 1.165) is 17.7 Å². The van der Waals surface area contributed by atoms with Gasteiger partial charge in [-0.2, -0.15) is 0 Å². The van der Waals surface area contributed by atoms with Gasteiger partial charge in [0.1, 0.15) is 0 Å². The molecule has 1 aromatic heterocycles. The number of hydrogen-bond donors (Lipinski definition) is 1. The number of ether oxygens (including phenoxy) is 1. The van der Waals surface area contributed by atoms with E-state index >= 15 is 0 Å². The predicted octanol–water partition coefficient (Wildman–Crippen LogP) is 1.98. The van der Waals surface area contributed by atoms with Crippen molar-refractivity contribution in [2.45, 2.75) is 46.1 Å². The molecule has 1 N–H and O–H groups in total. The Bertz CT molecular complexity index is 732. The highest BCUT2D eigenvalue weighted by Crippen LogP contribution is 2.38. The predicted molar refractivity (Wildman–Crippen MR) is 103 cm³/mol. The van der Waals surface area contributed by atoms with E-state index in [0.29, 0.717) is 12.6 Å². The minimum atomic E-state index is -0.580. The highest BCUT2D eigenvalue weighted by atomic mass is 16.5. The number of nitrogens with zero attached hydrogens (tertiary/aromatic N) is 2. The number of carbonyl (C=O) groups is 3. The molecule has 1 aliphatic rings. The summed E-state index contributed by atoms with van der Waals surface area (Å²) in [4.78, 5) is 36.7. The van der Waals surface area contributed by atoms with Crippen LogP contribution in [0.15, 0.2) is 12.1 Å². The quantitative estimate of drug-likeness (QED) is 0.529. The summed E-state index contributed by atoms with van der Waals surface area (Å²) in [5, 5.41) is 2.69. The second-order valence-corrected chi connectivity index (χ2v) is 6.97. The molecule has 148 valence electrons. The molecular formula is C20H29N3O4. The van der Waals surface area contributed by atoms with E-state index < -0.39 is 11.9 Å². The zero-order chi connectivity index (χ0) is 20.0. The molecule has 2 amide bonds. The fourth-order valence-corrected chi connectivity index (χ4v) is 2.94. The molecule has 27 heavy (non-hydrogen) atoms. The average Bonchev–Trinajstić information content (AvgIpc) is 3.41. The normalized spacial score (nSPS) is 13.6. The van der Waals surface area contributed by atoms with Crippen molar-refractivity contribution in [1.82, 2.24) is 14.8 Å². The summed E-state index contributed by atoms with van der Waals surface area (Å²) in [7, 11) is 1.50. The Morgan fingerprint density at radius 2 is 2.04 bits per heavy atom. The maximum absolute atomic E-state index is 12.0. The third-order valence-electron chi connectivity index (χ3n) is 4.55. The van der Waals surface area contributed by atoms with Crippen LogP contribution in [0.4, 0.5) is 0 Å². The lowest BCUT2D eigenvalue weighted by Crippen LogP contribution is -2.40. The van der Waals surface area contributed by atoms with Crippen LogP contribution in [-0.2, 0) is 19.1 Å². The van der Waals surface area contributed by atoms with Crippen molar-refractivity contribution in [2.75, 3.05) is 26.7 Å². The number of aromatic nitrogens is 1. The molecule has 1 aromatic rings. The smallest absolute Gasteiger partial charge is 0.331 e. The summed E-state index contributed by atoms with van der Waals surface area (Å²) in [6.07, 6.45) is 6.29. The van der Waals surface area contributed by atoms with Crippen molar-refractivity contribution in [2.24, 2.45) is 0 Å². The Kier molecular flexibility index (Phi) is 7.21. The molecule has 0 bridgehead atoms. The van der Waals surface area contributed by atoms with Crippen LogP contribution in [0.1, 0.15) is 49.2 Å². The van der Waals surface area contributed by atoms with Crippen LogP contribution >= 0.6 is 0 Å². The molecule has 1 aliphatic carbocycles. The van der Waals surface area contributed by atoms with Gasteiger partial charge in [-0.1, -0.05) is 6.92 Å². The maximum atomic E-state index is 12.0. The van der Waals surface area contributed by atoms with Crippen molar-refractivity contribution in [3.8, 4) is 0 Å². The Hall–Kier alpha value is -2.57. The van der Waals surface area contributed by atoms with E-state index in [1.807, 2.05) is 19.9 Å². The monoisotopic (exact) mass is 375 g/mol. The van der Waals surface area contributed by atoms with Gasteiger partial charge in [-0.05, 0) is 50.8 Å². The van der Waals surface area contributed by atoms with Crippen LogP contribution in [0.5, 0.6) is 0 Å². The molecule has 2 rings (SSSR count). The van der Waals surface area contributed by atoms with Crippen LogP contribution in [0, 0.1) is 13.8 Å². The molecule has 0 aromatic carbocycles. The first-order valence-electron chi connectivity index (χ1n) is 9.37. The van der Waals surface area contributed by atoms with Crippen molar-refractivity contribution in [1.29, 1.82) is 0 Å². The summed E-state index contributed by atoms with van der Waals surface area (Å²) >= 11 is 0. The molecule has 1 heterocycles. The van der Waals surface area contributed by atoms with Gasteiger partial charge in [0.15, 0.2) is 6.61 Å². The van der Waals surface area contributed by atoms with Gasteiger partial charge in [0.05, 0.1) is 6.54 Å². The van der Waals surface area contributed by atoms with E-state index in [9.17, 15) is 14.4 Å². The second kappa shape index (κ2) is 9.39. The standard InChI is InChI=1S/C20H29N3O4/c1-5-10-21-18(24)12-22(4)19(25)13-27-20(26)9-6-16-11-14(2)23(15(16)3)17-7-8-17/h6,9,11,17H,5,7-8,10,12-13H2,1-4H3,(H,21,24)/b9-6+. The van der Waals surface area contributed by atoms with Gasteiger partial charge in [-0.25, -0.2) is 4.79 Å². The van der Waals surface area contributed by atoms with E-state index in [1.54, 1.807) is 6.08 Å². The van der Waals surface area contributed by atoms with Crippen LogP contribution < -0.4 is 5.32 Å². The maximum Gasteiger partial charge on any atom is 0.331 e. The molecule has 0 radical (unpaired) electrons. The highest BCUT2D eigenvalue weighted by molar-refractivity contribution is 5.90. The largest absolute Gasteiger partial charge is 0.452 e. The van der Waals surface area contributed by atoms with Crippen LogP contribution in [0.3, 0.4) is 0 Å². The highest BCUT2D eigenvalue weighted by Gasteiger charge is 2.26. The average molecular weight is 375 g/mol. The van der Waals surface area contributed by atoms with Gasteiger partial charge in [-0.3, -0.25) is 9.59 Å². The fourth-order valence-electron chi connectivity index (χ4n) is 2.94. The van der Waals surface area contributed by atoms with Crippen LogP contribution in [0.25, 0.3) is 6.08 Å². The number of amides is 2. The lowest BCUT2D eigenvalue weighted by molar-refractivity contribution is -0.148. The Morgan fingerprint density at radius 3 is 2.67 bits per heavy atom. The van der Waals surface area contributed by atoms with Crippen molar-refractivity contribution < 1.29 is 19.1 Å². The molecule has 0 unspecified atom stereocenters. The summed E-state index contributed by atoms with van der Waals surface area (Å²) in [6.45, 7) is 6.18. The van der Waals surface area contributed by atoms with Crippen molar-refractivity contribution in [3.63, 3.8) is 0 Å². The van der Waals surface area contributed by atoms with Gasteiger partial charge in [0.25, 0.3) is 5.91 Å². The topological polar surface area (TPSA) is 80.6 Å². The van der Waals surface area contributed by atoms with E-state index in [4.69, 9.17) is 4.74 Å². The minimum absolute atomic E-state index is 0.0562. The number of hydrogen-bond acceptors (Lipinski definition) is 4. The number of nitrogens with one attached hydrogen (secondary N) is 1. The van der Waals surface area contributed by atoms with Gasteiger partial charge < -0.3 is 19.5 Å². The minimum Gasteiger partial charge on any atom is -0.452 e. The Morgan fingerprint density at radius 1 is 1.33 bits per heavy atom. The van der Waals surface area contributed by atoms with Gasteiger partial charge >= 0.3 is 5.97 Å². The lowest BCUT2D eigenvalue weighted by Gasteiger charge is -2.16. The molecule has 0 aliphatic heterocycles. The van der Waals surface area contributed by atoms with Gasteiger partial charge in [0.2, 0.25) is 5.91 Å². The van der Waals surface area contributed by atoms with E-state index in [2.05, 4.69) is 16.8 Å². The number of esters is 1. The van der Waals surface area contributed by atoms with Crippen molar-refractivity contribution >= 4 is 23.9 Å². The molecule has 1 saturated carbocycles. The fraction of sp³-hybridized carbons (Fsp3) is 0.550. The third-order valence-corrected chi connectivity index (χ3v) is 4.55. The summed E-state index contributed by atoms with van der Waals surface area (Å²) < 4.78 is 7.29. The van der Waals surface area contributed by atoms with Gasteiger partial charge in [-0.15, -0.1) is 0 Å². The Balaban J connectivity index is 1.80. The SMILES string of the molecule is CCCNC(=O)CN(C)C(=O)COC(=O)/C=C/c1cc(C)n(C2CC2)c1C. The summed E-state index contributed by atoms with van der Waals surface area (Å²) in [6, 6.07) is 2.63. The zero-order valence-electron chi connectivity index (χ0n) is 16.6. The summed E-state index contributed by atoms with van der Waals surface area (Å²) in [5.41, 5.74) is 3.29.